The Bertz CT molecular complexity index is 892. The zero-order chi connectivity index (χ0) is 20.8. The van der Waals surface area contributed by atoms with Crippen LogP contribution >= 0.6 is 0 Å². The van der Waals surface area contributed by atoms with Crippen molar-refractivity contribution >= 4 is 16.7 Å². The summed E-state index contributed by atoms with van der Waals surface area (Å²) in [5.74, 6) is -0.322. The summed E-state index contributed by atoms with van der Waals surface area (Å²) in [5.41, 5.74) is 0.0558. The van der Waals surface area contributed by atoms with Crippen molar-refractivity contribution in [3.05, 3.63) is 40.3 Å². The minimum Gasteiger partial charge on any atom is -0.348 e. The summed E-state index contributed by atoms with van der Waals surface area (Å²) in [6.45, 7) is 3.39. The molecule has 3 rings (SSSR count). The maximum absolute atomic E-state index is 13.0. The average molecular weight is 406 g/mol. The topological polar surface area (TPSA) is 67.2 Å². The van der Waals surface area contributed by atoms with E-state index in [-0.39, 0.29) is 29.7 Å². The Labute approximate surface area is 168 Å². The van der Waals surface area contributed by atoms with Gasteiger partial charge < -0.3 is 5.32 Å². The number of piperidine rings is 1. The fourth-order valence-electron chi connectivity index (χ4n) is 3.77. The Morgan fingerprint density at radius 2 is 1.90 bits per heavy atom. The minimum atomic E-state index is -2.34. The van der Waals surface area contributed by atoms with Crippen molar-refractivity contribution in [1.82, 2.24) is 20.0 Å². The van der Waals surface area contributed by atoms with Crippen LogP contribution in [0.5, 0.6) is 0 Å². The molecule has 1 aliphatic rings. The number of hydrogen-bond acceptors (Lipinski definition) is 4. The van der Waals surface area contributed by atoms with Crippen LogP contribution in [0.25, 0.3) is 10.8 Å². The van der Waals surface area contributed by atoms with E-state index in [9.17, 15) is 18.4 Å². The van der Waals surface area contributed by atoms with Crippen molar-refractivity contribution in [3.8, 4) is 0 Å². The molecule has 1 aromatic carbocycles. The minimum absolute atomic E-state index is 0.0857. The first kappa shape index (κ1) is 21.4. The number of carbonyl (C=O) groups excluding carboxylic acids is 1. The van der Waals surface area contributed by atoms with Crippen LogP contribution in [0.3, 0.4) is 0 Å². The number of benzene rings is 1. The van der Waals surface area contributed by atoms with Gasteiger partial charge in [0.25, 0.3) is 17.9 Å². The van der Waals surface area contributed by atoms with Gasteiger partial charge in [-0.15, -0.1) is 0 Å². The lowest BCUT2D eigenvalue weighted by Gasteiger charge is -2.32. The van der Waals surface area contributed by atoms with Gasteiger partial charge in [0.15, 0.2) is 5.69 Å². The van der Waals surface area contributed by atoms with Gasteiger partial charge in [0.1, 0.15) is 0 Å². The zero-order valence-electron chi connectivity index (χ0n) is 16.7. The lowest BCUT2D eigenvalue weighted by atomic mass is 10.0. The van der Waals surface area contributed by atoms with Crippen LogP contribution in [0.2, 0.25) is 0 Å². The van der Waals surface area contributed by atoms with Crippen LogP contribution in [0.4, 0.5) is 8.78 Å². The maximum atomic E-state index is 13.0. The number of amides is 1. The maximum Gasteiger partial charge on any atom is 0.274 e. The highest BCUT2D eigenvalue weighted by Crippen LogP contribution is 2.16. The fraction of sp³-hybridized carbons (Fsp3) is 0.571. The monoisotopic (exact) mass is 406 g/mol. The van der Waals surface area contributed by atoms with E-state index in [2.05, 4.69) is 17.3 Å². The number of halogens is 2. The van der Waals surface area contributed by atoms with E-state index >= 15 is 0 Å². The molecule has 0 saturated carbocycles. The first-order valence-corrected chi connectivity index (χ1v) is 10.3. The molecule has 158 valence electrons. The van der Waals surface area contributed by atoms with Crippen molar-refractivity contribution in [3.63, 3.8) is 0 Å². The van der Waals surface area contributed by atoms with Gasteiger partial charge in [-0.05, 0) is 25.3 Å². The number of nitrogens with zero attached hydrogens (tertiary/aromatic N) is 3. The Kier molecular flexibility index (Phi) is 7.30. The van der Waals surface area contributed by atoms with Crippen molar-refractivity contribution in [1.29, 1.82) is 0 Å². The molecule has 6 nitrogen and oxygen atoms in total. The van der Waals surface area contributed by atoms with Gasteiger partial charge in [0.05, 0.1) is 11.9 Å². The smallest absolute Gasteiger partial charge is 0.274 e. The molecule has 0 atom stereocenters. The molecule has 0 unspecified atom stereocenters. The van der Waals surface area contributed by atoms with Crippen LogP contribution in [0.1, 0.15) is 49.5 Å². The number of hydrogen-bond donors (Lipinski definition) is 1. The normalized spacial score (nSPS) is 15.9. The zero-order valence-corrected chi connectivity index (χ0v) is 16.7. The molecule has 0 aliphatic carbocycles. The van der Waals surface area contributed by atoms with E-state index in [4.69, 9.17) is 0 Å². The molecule has 0 radical (unpaired) electrons. The van der Waals surface area contributed by atoms with E-state index < -0.39 is 6.43 Å². The fourth-order valence-corrected chi connectivity index (χ4v) is 3.77. The van der Waals surface area contributed by atoms with Crippen molar-refractivity contribution in [2.24, 2.45) is 0 Å². The second-order valence-corrected chi connectivity index (χ2v) is 7.57. The van der Waals surface area contributed by atoms with Gasteiger partial charge in [-0.1, -0.05) is 38.0 Å². The molecule has 2 heterocycles. The van der Waals surface area contributed by atoms with Crippen LogP contribution in [-0.2, 0) is 6.54 Å². The number of fused-ring (bicyclic) bond motifs is 1. The molecular formula is C21H28F2N4O2. The quantitative estimate of drug-likeness (QED) is 0.685. The van der Waals surface area contributed by atoms with Gasteiger partial charge in [-0.2, -0.15) is 5.10 Å². The summed E-state index contributed by atoms with van der Waals surface area (Å²) in [4.78, 5) is 27.4. The largest absolute Gasteiger partial charge is 0.348 e. The molecule has 0 bridgehead atoms. The SMILES string of the molecule is CCCCCn1nc(C(=O)NC2CCN(CC(F)F)CC2)c2ccccc2c1=O. The molecule has 1 aliphatic heterocycles. The molecule has 1 saturated heterocycles. The summed E-state index contributed by atoms with van der Waals surface area (Å²) < 4.78 is 26.4. The van der Waals surface area contributed by atoms with Crippen LogP contribution in [0, 0.1) is 0 Å². The number of likely N-dealkylation sites (tertiary alicyclic amines) is 1. The van der Waals surface area contributed by atoms with E-state index in [1.165, 1.54) is 4.68 Å². The predicted molar refractivity (Wildman–Crippen MR) is 108 cm³/mol. The molecule has 1 fully saturated rings. The van der Waals surface area contributed by atoms with Gasteiger partial charge in [0, 0.05) is 31.1 Å². The number of alkyl halides is 2. The van der Waals surface area contributed by atoms with Gasteiger partial charge >= 0.3 is 0 Å². The van der Waals surface area contributed by atoms with E-state index in [0.717, 1.165) is 19.3 Å². The van der Waals surface area contributed by atoms with Crippen LogP contribution < -0.4 is 10.9 Å². The molecule has 2 aromatic rings. The number of aryl methyl sites for hydroxylation is 1. The number of unbranched alkanes of at least 4 members (excludes halogenated alkanes) is 2. The number of rotatable bonds is 8. The summed E-state index contributed by atoms with van der Waals surface area (Å²) >= 11 is 0. The number of nitrogens with one attached hydrogen (secondary N) is 1. The van der Waals surface area contributed by atoms with Crippen molar-refractivity contribution < 1.29 is 13.6 Å². The second kappa shape index (κ2) is 9.91. The summed E-state index contributed by atoms with van der Waals surface area (Å²) in [7, 11) is 0. The highest BCUT2D eigenvalue weighted by atomic mass is 19.3. The van der Waals surface area contributed by atoms with E-state index in [1.807, 2.05) is 0 Å². The Morgan fingerprint density at radius 1 is 1.21 bits per heavy atom. The first-order valence-electron chi connectivity index (χ1n) is 10.3. The number of aromatic nitrogens is 2. The highest BCUT2D eigenvalue weighted by Gasteiger charge is 2.24. The van der Waals surface area contributed by atoms with Crippen LogP contribution in [0.15, 0.2) is 29.1 Å². The summed E-state index contributed by atoms with van der Waals surface area (Å²) in [5, 5.41) is 8.38. The Morgan fingerprint density at radius 3 is 2.55 bits per heavy atom. The molecule has 8 heteroatoms. The molecule has 1 aromatic heterocycles. The molecule has 1 amide bonds. The Hall–Kier alpha value is -2.35. The molecular weight excluding hydrogens is 378 g/mol. The van der Waals surface area contributed by atoms with Crippen molar-refractivity contribution in [2.75, 3.05) is 19.6 Å². The van der Waals surface area contributed by atoms with E-state index in [0.29, 0.717) is 43.2 Å². The lowest BCUT2D eigenvalue weighted by molar-refractivity contribution is 0.0695. The van der Waals surface area contributed by atoms with Gasteiger partial charge in [0.2, 0.25) is 0 Å². The summed E-state index contributed by atoms with van der Waals surface area (Å²) in [6, 6.07) is 6.93. The Balaban J connectivity index is 1.77. The predicted octanol–water partition coefficient (Wildman–Crippen LogP) is 3.05. The molecule has 29 heavy (non-hydrogen) atoms. The van der Waals surface area contributed by atoms with Crippen LogP contribution in [-0.4, -0.2) is 52.7 Å². The summed E-state index contributed by atoms with van der Waals surface area (Å²) in [6.07, 6.45) is 1.73. The third kappa shape index (κ3) is 5.38. The number of carbonyl (C=O) groups is 1. The standard InChI is InChI=1S/C21H28F2N4O2/c1-2-3-6-11-27-21(29)17-8-5-4-7-16(17)19(25-27)20(28)24-15-9-12-26(13-10-15)14-18(22)23/h4-5,7-8,15,18H,2-3,6,9-14H2,1H3,(H,24,28). The van der Waals surface area contributed by atoms with Gasteiger partial charge in [-0.3, -0.25) is 14.5 Å². The van der Waals surface area contributed by atoms with E-state index in [1.54, 1.807) is 29.2 Å². The highest BCUT2D eigenvalue weighted by molar-refractivity contribution is 6.04. The third-order valence-corrected chi connectivity index (χ3v) is 5.38. The molecule has 0 spiro atoms. The lowest BCUT2D eigenvalue weighted by Crippen LogP contribution is -2.46. The second-order valence-electron chi connectivity index (χ2n) is 7.57. The third-order valence-electron chi connectivity index (χ3n) is 5.38. The average Bonchev–Trinajstić information content (AvgIpc) is 2.71. The van der Waals surface area contributed by atoms with Crippen molar-refractivity contribution in [2.45, 2.75) is 58.0 Å². The van der Waals surface area contributed by atoms with Gasteiger partial charge in [-0.25, -0.2) is 13.5 Å². The first-order chi connectivity index (χ1) is 14.0. The molecule has 1 N–H and O–H groups in total.